The number of rotatable bonds is 6. The molecule has 0 unspecified atom stereocenters. The van der Waals surface area contributed by atoms with Crippen LogP contribution in [0.2, 0.25) is 0 Å². The van der Waals surface area contributed by atoms with Crippen LogP contribution in [0.4, 0.5) is 0 Å². The molecule has 0 spiro atoms. The third kappa shape index (κ3) is 3.92. The number of amides is 1. The molecule has 0 atom stereocenters. The number of benzene rings is 2. The van der Waals surface area contributed by atoms with E-state index in [-0.39, 0.29) is 9.75 Å². The first kappa shape index (κ1) is 19.4. The Kier molecular flexibility index (Phi) is 5.54. The highest BCUT2D eigenvalue weighted by molar-refractivity contribution is 7.17. The normalized spacial score (nSPS) is 10.9. The van der Waals surface area contributed by atoms with Crippen molar-refractivity contribution in [1.82, 2.24) is 5.43 Å². The summed E-state index contributed by atoms with van der Waals surface area (Å²) in [5.41, 5.74) is 5.02. The van der Waals surface area contributed by atoms with Gasteiger partial charge in [-0.25, -0.2) is 10.2 Å². The molecule has 2 aromatic carbocycles. The highest BCUT2D eigenvalue weighted by atomic mass is 32.1. The van der Waals surface area contributed by atoms with E-state index in [4.69, 9.17) is 4.42 Å². The molecule has 2 heterocycles. The van der Waals surface area contributed by atoms with Gasteiger partial charge in [0.25, 0.3) is 5.91 Å². The molecule has 0 aliphatic rings. The summed E-state index contributed by atoms with van der Waals surface area (Å²) in [6.45, 7) is 0. The summed E-state index contributed by atoms with van der Waals surface area (Å²) in [6.07, 6.45) is 2.88. The second kappa shape index (κ2) is 8.59. The van der Waals surface area contributed by atoms with Gasteiger partial charge in [0.15, 0.2) is 0 Å². The van der Waals surface area contributed by atoms with E-state index in [2.05, 4.69) is 10.5 Å². The molecule has 4 rings (SSSR count). The zero-order valence-corrected chi connectivity index (χ0v) is 16.4. The fraction of sp³-hybridized carbons (Fsp3) is 0. The van der Waals surface area contributed by atoms with Gasteiger partial charge in [-0.3, -0.25) is 4.79 Å². The lowest BCUT2D eigenvalue weighted by molar-refractivity contribution is 0.0702. The molecule has 0 fully saturated rings. The van der Waals surface area contributed by atoms with Gasteiger partial charge in [-0.1, -0.05) is 60.7 Å². The third-order valence-corrected chi connectivity index (χ3v) is 5.51. The molecule has 6 nitrogen and oxygen atoms in total. The molecular formula is C23H16N2O4S. The first-order valence-corrected chi connectivity index (χ1v) is 9.84. The van der Waals surface area contributed by atoms with Gasteiger partial charge >= 0.3 is 5.97 Å². The van der Waals surface area contributed by atoms with Crippen LogP contribution in [0.1, 0.15) is 25.1 Å². The highest BCUT2D eigenvalue weighted by Crippen LogP contribution is 2.43. The molecule has 2 N–H and O–H groups in total. The largest absolute Gasteiger partial charge is 0.477 e. The van der Waals surface area contributed by atoms with Crippen LogP contribution in [-0.2, 0) is 0 Å². The third-order valence-electron chi connectivity index (χ3n) is 4.33. The van der Waals surface area contributed by atoms with Gasteiger partial charge in [0, 0.05) is 11.1 Å². The van der Waals surface area contributed by atoms with E-state index in [1.54, 1.807) is 12.1 Å². The molecule has 30 heavy (non-hydrogen) atoms. The fourth-order valence-electron chi connectivity index (χ4n) is 3.07. The number of nitrogens with zero attached hydrogens (tertiary/aromatic N) is 1. The van der Waals surface area contributed by atoms with Gasteiger partial charge in [0.05, 0.1) is 12.5 Å². The molecule has 0 aliphatic carbocycles. The summed E-state index contributed by atoms with van der Waals surface area (Å²) in [6, 6.07) is 21.9. The average molecular weight is 416 g/mol. The Bertz CT molecular complexity index is 1200. The van der Waals surface area contributed by atoms with Gasteiger partial charge in [0.1, 0.15) is 15.5 Å². The number of thiophene rings is 1. The minimum absolute atomic E-state index is 0.0974. The molecule has 0 saturated heterocycles. The van der Waals surface area contributed by atoms with Crippen LogP contribution < -0.4 is 5.43 Å². The maximum absolute atomic E-state index is 12.9. The van der Waals surface area contributed by atoms with E-state index in [1.165, 1.54) is 12.5 Å². The van der Waals surface area contributed by atoms with Gasteiger partial charge in [0.2, 0.25) is 0 Å². The van der Waals surface area contributed by atoms with Crippen LogP contribution in [0.15, 0.2) is 88.6 Å². The van der Waals surface area contributed by atoms with E-state index >= 15 is 0 Å². The molecule has 0 aliphatic heterocycles. The first-order chi connectivity index (χ1) is 14.6. The zero-order chi connectivity index (χ0) is 20.9. The van der Waals surface area contributed by atoms with Crippen LogP contribution in [0.25, 0.3) is 22.3 Å². The first-order valence-electron chi connectivity index (χ1n) is 9.03. The van der Waals surface area contributed by atoms with Crippen molar-refractivity contribution in [3.8, 4) is 22.3 Å². The Balaban J connectivity index is 1.83. The number of nitrogens with one attached hydrogen (secondary N) is 1. The summed E-state index contributed by atoms with van der Waals surface area (Å²) >= 11 is 0.931. The number of carboxylic acids is 1. The number of carbonyl (C=O) groups is 2. The van der Waals surface area contributed by atoms with E-state index in [0.29, 0.717) is 16.9 Å². The van der Waals surface area contributed by atoms with E-state index < -0.39 is 11.9 Å². The Hall–Kier alpha value is -3.97. The predicted octanol–water partition coefficient (Wildman–Crippen LogP) is 5.14. The Morgan fingerprint density at radius 2 is 1.47 bits per heavy atom. The molecule has 1 amide bonds. The number of furan rings is 1. The second-order valence-corrected chi connectivity index (χ2v) is 7.28. The molecule has 4 aromatic rings. The van der Waals surface area contributed by atoms with Crippen LogP contribution in [0.5, 0.6) is 0 Å². The monoisotopic (exact) mass is 416 g/mol. The van der Waals surface area contributed by atoms with Crippen molar-refractivity contribution < 1.29 is 19.1 Å². The topological polar surface area (TPSA) is 91.9 Å². The minimum atomic E-state index is -1.09. The number of hydrogen-bond acceptors (Lipinski definition) is 5. The van der Waals surface area contributed by atoms with E-state index in [9.17, 15) is 14.7 Å². The van der Waals surface area contributed by atoms with Crippen molar-refractivity contribution in [2.24, 2.45) is 5.10 Å². The average Bonchev–Trinajstić information content (AvgIpc) is 3.43. The zero-order valence-electron chi connectivity index (χ0n) is 15.6. The highest BCUT2D eigenvalue weighted by Gasteiger charge is 2.27. The summed E-state index contributed by atoms with van der Waals surface area (Å²) in [4.78, 5) is 25.3. The lowest BCUT2D eigenvalue weighted by Gasteiger charge is -2.08. The molecule has 7 heteroatoms. The Labute approximate surface area is 176 Å². The lowest BCUT2D eigenvalue weighted by Crippen LogP contribution is -2.17. The van der Waals surface area contributed by atoms with Crippen molar-refractivity contribution in [3.63, 3.8) is 0 Å². The summed E-state index contributed by atoms with van der Waals surface area (Å²) in [5.74, 6) is -1.10. The predicted molar refractivity (Wildman–Crippen MR) is 116 cm³/mol. The molecule has 0 radical (unpaired) electrons. The minimum Gasteiger partial charge on any atom is -0.477 e. The van der Waals surface area contributed by atoms with Crippen LogP contribution in [0.3, 0.4) is 0 Å². The van der Waals surface area contributed by atoms with Gasteiger partial charge in [-0.15, -0.1) is 11.3 Å². The van der Waals surface area contributed by atoms with Crippen molar-refractivity contribution in [2.45, 2.75) is 0 Å². The molecule has 148 valence electrons. The van der Waals surface area contributed by atoms with Crippen molar-refractivity contribution >= 4 is 29.4 Å². The maximum atomic E-state index is 12.9. The van der Waals surface area contributed by atoms with Crippen LogP contribution in [-0.4, -0.2) is 23.2 Å². The van der Waals surface area contributed by atoms with Gasteiger partial charge in [-0.2, -0.15) is 5.10 Å². The molecule has 2 aromatic heterocycles. The smallest absolute Gasteiger partial charge is 0.346 e. The number of carboxylic acid groups (broad SMARTS) is 1. The number of aromatic carboxylic acids is 1. The van der Waals surface area contributed by atoms with Crippen molar-refractivity contribution in [2.75, 3.05) is 0 Å². The van der Waals surface area contributed by atoms with Crippen LogP contribution in [0, 0.1) is 0 Å². The van der Waals surface area contributed by atoms with Gasteiger partial charge < -0.3 is 9.52 Å². The summed E-state index contributed by atoms with van der Waals surface area (Å²) < 4.78 is 5.15. The molecule has 0 bridgehead atoms. The van der Waals surface area contributed by atoms with Crippen LogP contribution >= 0.6 is 11.3 Å². The number of hydrogen-bond donors (Lipinski definition) is 2. The van der Waals surface area contributed by atoms with Gasteiger partial charge in [-0.05, 0) is 23.3 Å². The fourth-order valence-corrected chi connectivity index (χ4v) is 4.15. The van der Waals surface area contributed by atoms with Crippen molar-refractivity contribution in [1.29, 1.82) is 0 Å². The Morgan fingerprint density at radius 1 is 0.867 bits per heavy atom. The summed E-state index contributed by atoms with van der Waals surface area (Å²) in [7, 11) is 0. The second-order valence-electron chi connectivity index (χ2n) is 6.26. The Morgan fingerprint density at radius 3 is 2.00 bits per heavy atom. The van der Waals surface area contributed by atoms with E-state index in [1.807, 2.05) is 60.7 Å². The molecular weight excluding hydrogens is 400 g/mol. The summed E-state index contributed by atoms with van der Waals surface area (Å²) in [5, 5.41) is 13.8. The number of hydrazone groups is 1. The van der Waals surface area contributed by atoms with Crippen molar-refractivity contribution in [3.05, 3.63) is 94.6 Å². The molecule has 0 saturated carbocycles. The number of carbonyl (C=O) groups excluding carboxylic acids is 1. The quantitative estimate of drug-likeness (QED) is 0.336. The standard InChI is InChI=1S/C23H16N2O4S/c26-22(25-24-14-17-12-7-13-29-17)20-18(15-8-3-1-4-9-15)19(21(30-20)23(27)28)16-10-5-2-6-11-16/h1-14H,(H,25,26)(H,27,28)/b24-14+. The lowest BCUT2D eigenvalue weighted by atomic mass is 9.94. The van der Waals surface area contributed by atoms with E-state index in [0.717, 1.165) is 22.5 Å². The SMILES string of the molecule is O=C(O)c1sc(C(=O)N/N=C/c2ccco2)c(-c2ccccc2)c1-c1ccccc1. The maximum Gasteiger partial charge on any atom is 0.346 e.